The summed E-state index contributed by atoms with van der Waals surface area (Å²) in [5.41, 5.74) is 15.5. The molecule has 0 saturated carbocycles. The third-order valence-corrected chi connectivity index (χ3v) is 8.47. The number of hydrogen-bond acceptors (Lipinski definition) is 0. The van der Waals surface area contributed by atoms with E-state index in [9.17, 15) is 0 Å². The summed E-state index contributed by atoms with van der Waals surface area (Å²) in [5.74, 6) is 0.560. The van der Waals surface area contributed by atoms with Crippen molar-refractivity contribution in [2.45, 2.75) is 100 Å². The van der Waals surface area contributed by atoms with Crippen molar-refractivity contribution in [2.24, 2.45) is 5.92 Å². The normalized spacial score (nSPS) is 14.4. The molecular formula is C45H54Zr-4. The number of rotatable bonds is 0. The van der Waals surface area contributed by atoms with Crippen molar-refractivity contribution in [2.75, 3.05) is 0 Å². The Hall–Kier alpha value is -2.89. The maximum absolute atomic E-state index is 3.67. The predicted octanol–water partition coefficient (Wildman–Crippen LogP) is 11.9. The van der Waals surface area contributed by atoms with Gasteiger partial charge in [-0.1, -0.05) is 106 Å². The summed E-state index contributed by atoms with van der Waals surface area (Å²) in [6, 6.07) is 36.8. The Morgan fingerprint density at radius 1 is 0.674 bits per heavy atom. The van der Waals surface area contributed by atoms with Gasteiger partial charge in [0.05, 0.1) is 0 Å². The quantitative estimate of drug-likeness (QED) is 0.142. The van der Waals surface area contributed by atoms with Gasteiger partial charge in [-0.2, -0.15) is 107 Å². The van der Waals surface area contributed by atoms with Crippen LogP contribution in [0.15, 0.2) is 95.6 Å². The summed E-state index contributed by atoms with van der Waals surface area (Å²) in [5, 5.41) is 0. The number of fused-ring (bicyclic) bond motifs is 3. The Balaban J connectivity index is 0.000000242. The van der Waals surface area contributed by atoms with Gasteiger partial charge in [0.15, 0.2) is 0 Å². The minimum absolute atomic E-state index is 0.167. The van der Waals surface area contributed by atoms with Crippen molar-refractivity contribution in [3.63, 3.8) is 0 Å². The van der Waals surface area contributed by atoms with Crippen LogP contribution >= 0.6 is 0 Å². The zero-order valence-electron chi connectivity index (χ0n) is 30.5. The Morgan fingerprint density at radius 3 is 1.52 bits per heavy atom. The minimum atomic E-state index is 0.167. The van der Waals surface area contributed by atoms with Crippen molar-refractivity contribution < 1.29 is 24.2 Å². The number of aryl methyl sites for hydroxylation is 2. The van der Waals surface area contributed by atoms with Crippen LogP contribution in [0.3, 0.4) is 0 Å². The number of hydrogen-bond donors (Lipinski definition) is 0. The molecule has 0 aliphatic heterocycles. The van der Waals surface area contributed by atoms with Crippen molar-refractivity contribution in [1.29, 1.82) is 0 Å². The maximum atomic E-state index is 3.67. The zero-order chi connectivity index (χ0) is 34.7. The molecule has 0 aromatic heterocycles. The molecule has 4 aromatic rings. The van der Waals surface area contributed by atoms with Crippen LogP contribution in [0, 0.1) is 44.0 Å². The van der Waals surface area contributed by atoms with E-state index in [0.717, 1.165) is 6.42 Å². The van der Waals surface area contributed by atoms with Gasteiger partial charge in [0.1, 0.15) is 0 Å². The molecular weight excluding hydrogens is 632 g/mol. The van der Waals surface area contributed by atoms with Gasteiger partial charge in [0.2, 0.25) is 0 Å². The average Bonchev–Trinajstić information content (AvgIpc) is 3.49. The molecule has 1 unspecified atom stereocenters. The van der Waals surface area contributed by atoms with Gasteiger partial charge in [-0.15, -0.1) is 18.1 Å². The molecule has 242 valence electrons. The molecule has 6 rings (SSSR count). The van der Waals surface area contributed by atoms with Crippen molar-refractivity contribution >= 4 is 4.21 Å². The Bertz CT molecular complexity index is 1490. The van der Waals surface area contributed by atoms with E-state index in [1.54, 1.807) is 0 Å². The second-order valence-electron chi connectivity index (χ2n) is 14.3. The summed E-state index contributed by atoms with van der Waals surface area (Å²) in [6.07, 6.45) is 4.39. The summed E-state index contributed by atoms with van der Waals surface area (Å²) in [4.78, 5) is 0. The molecule has 0 fully saturated rings. The van der Waals surface area contributed by atoms with Gasteiger partial charge >= 0.3 is 28.4 Å². The summed E-state index contributed by atoms with van der Waals surface area (Å²) in [6.45, 7) is 26.4. The predicted molar refractivity (Wildman–Crippen MR) is 198 cm³/mol. The molecule has 1 heteroatoms. The SMILES string of the molecule is CC(C)(C)c1[c-]c2c(cc1)-c1ccc(C(C)(C)C)cc1C2.CC1=[C-]C(C)C(C)=C1C.Cc1cc[c-]cc1.Cc1cc[c-]cc1.[CH2]=[Zr]. The van der Waals surface area contributed by atoms with Crippen LogP contribution in [-0.2, 0) is 41.5 Å². The second kappa shape index (κ2) is 17.9. The first-order valence-corrected chi connectivity index (χ1v) is 18.0. The van der Waals surface area contributed by atoms with E-state index < -0.39 is 0 Å². The van der Waals surface area contributed by atoms with Crippen LogP contribution in [0.5, 0.6) is 0 Å². The van der Waals surface area contributed by atoms with Crippen molar-refractivity contribution in [3.8, 4) is 11.1 Å². The first kappa shape index (κ1) is 39.3. The van der Waals surface area contributed by atoms with Gasteiger partial charge in [0.25, 0.3) is 0 Å². The molecule has 0 amide bonds. The third kappa shape index (κ3) is 11.7. The van der Waals surface area contributed by atoms with Gasteiger partial charge in [0, 0.05) is 0 Å². The fraction of sp³-hybridized carbons (Fsp3) is 0.356. The molecule has 2 aliphatic rings. The average molecular weight is 686 g/mol. The molecule has 0 N–H and O–H groups in total. The molecule has 0 heterocycles. The first-order chi connectivity index (χ1) is 21.6. The molecule has 4 aromatic carbocycles. The number of allylic oxidation sites excluding steroid dienone is 4. The molecule has 0 saturated heterocycles. The van der Waals surface area contributed by atoms with Crippen LogP contribution in [0.4, 0.5) is 0 Å². The van der Waals surface area contributed by atoms with Gasteiger partial charge < -0.3 is 0 Å². The van der Waals surface area contributed by atoms with E-state index in [1.807, 2.05) is 48.5 Å². The van der Waals surface area contributed by atoms with Crippen LogP contribution < -0.4 is 0 Å². The number of benzene rings is 4. The Kier molecular flexibility index (Phi) is 15.3. The monoisotopic (exact) mass is 684 g/mol. The zero-order valence-corrected chi connectivity index (χ0v) is 33.0. The van der Waals surface area contributed by atoms with E-state index >= 15 is 0 Å². The van der Waals surface area contributed by atoms with E-state index in [-0.39, 0.29) is 10.8 Å². The Morgan fingerprint density at radius 2 is 1.17 bits per heavy atom. The van der Waals surface area contributed by atoms with Crippen molar-refractivity contribution in [3.05, 3.63) is 153 Å². The van der Waals surface area contributed by atoms with Gasteiger partial charge in [-0.3, -0.25) is 6.08 Å². The van der Waals surface area contributed by atoms with E-state index in [0.29, 0.717) is 5.92 Å². The summed E-state index contributed by atoms with van der Waals surface area (Å²) >= 11 is 1.30. The van der Waals surface area contributed by atoms with E-state index in [4.69, 9.17) is 0 Å². The van der Waals surface area contributed by atoms with Gasteiger partial charge in [-0.25, -0.2) is 5.57 Å². The van der Waals surface area contributed by atoms with Crippen LogP contribution in [-0.4, -0.2) is 4.21 Å². The summed E-state index contributed by atoms with van der Waals surface area (Å²) < 4.78 is 3.34. The molecule has 46 heavy (non-hydrogen) atoms. The molecule has 0 spiro atoms. The standard InChI is InChI=1S/C21H25.C9H13.2C7H7.CH2.Zr/c1-20(2,3)16-7-9-18-14(12-16)11-15-13-17(21(4,5)6)8-10-19(15)18;1-6-5-7(2)9(4)8(6)3;2*1-7-5-3-2-4-6-7;;/h7-10,12H,11H2,1-6H3;6H,1-4H3;2*3-6H,1H3;1H2;/q4*-1;;. The topological polar surface area (TPSA) is 0 Å². The fourth-order valence-electron chi connectivity index (χ4n) is 5.13. The molecule has 0 nitrogen and oxygen atoms in total. The molecule has 2 aliphatic carbocycles. The van der Waals surface area contributed by atoms with Crippen LogP contribution in [0.25, 0.3) is 11.1 Å². The fourth-order valence-corrected chi connectivity index (χ4v) is 5.13. The van der Waals surface area contributed by atoms with E-state index in [2.05, 4.69) is 142 Å². The van der Waals surface area contributed by atoms with Crippen LogP contribution in [0.2, 0.25) is 0 Å². The van der Waals surface area contributed by atoms with Gasteiger partial charge in [-0.05, 0) is 28.4 Å². The molecule has 0 bridgehead atoms. The third-order valence-electron chi connectivity index (χ3n) is 8.47. The second-order valence-corrected chi connectivity index (χ2v) is 14.3. The molecule has 1 atom stereocenters. The van der Waals surface area contributed by atoms with E-state index in [1.165, 1.54) is 85.5 Å². The molecule has 0 radical (unpaired) electrons. The summed E-state index contributed by atoms with van der Waals surface area (Å²) in [7, 11) is 0. The van der Waals surface area contributed by atoms with Crippen molar-refractivity contribution in [1.82, 2.24) is 0 Å². The van der Waals surface area contributed by atoms with Crippen LogP contribution in [0.1, 0.15) is 103 Å². The first-order valence-electron chi connectivity index (χ1n) is 16.3. The Labute approximate surface area is 297 Å².